The Balaban J connectivity index is 1.82. The molecule has 2 rings (SSSR count). The van der Waals surface area contributed by atoms with Crippen LogP contribution in [0.15, 0.2) is 57.9 Å². The Hall–Kier alpha value is -1.81. The second-order valence-corrected chi connectivity index (χ2v) is 7.60. The van der Waals surface area contributed by atoms with Crippen LogP contribution in [-0.2, 0) is 16.4 Å². The molecule has 2 aromatic rings. The molecule has 0 spiro atoms. The predicted molar refractivity (Wildman–Crippen MR) is 98.4 cm³/mol. The third kappa shape index (κ3) is 5.68. The van der Waals surface area contributed by atoms with Crippen LogP contribution in [0.1, 0.15) is 12.5 Å². The number of hydrogen-bond donors (Lipinski definition) is 1. The minimum Gasteiger partial charge on any atom is -0.481 e. The molecule has 6 heteroatoms. The van der Waals surface area contributed by atoms with E-state index in [1.165, 1.54) is 0 Å². The van der Waals surface area contributed by atoms with Crippen LogP contribution in [0, 0.1) is 11.8 Å². The van der Waals surface area contributed by atoms with Crippen molar-refractivity contribution in [3.63, 3.8) is 0 Å². The van der Waals surface area contributed by atoms with Crippen molar-refractivity contribution in [2.24, 2.45) is 0 Å². The minimum atomic E-state index is -3.53. The molecule has 0 aromatic heterocycles. The summed E-state index contributed by atoms with van der Waals surface area (Å²) in [4.78, 5) is 0.242. The van der Waals surface area contributed by atoms with Gasteiger partial charge in [0.05, 0.1) is 11.4 Å². The topological polar surface area (TPSA) is 55.4 Å². The zero-order valence-corrected chi connectivity index (χ0v) is 15.7. The van der Waals surface area contributed by atoms with Gasteiger partial charge in [-0.1, -0.05) is 52.9 Å². The van der Waals surface area contributed by atoms with E-state index >= 15 is 0 Å². The zero-order chi connectivity index (χ0) is 17.4. The molecule has 0 radical (unpaired) electrons. The molecule has 1 N–H and O–H groups in total. The summed E-state index contributed by atoms with van der Waals surface area (Å²) < 4.78 is 33.0. The van der Waals surface area contributed by atoms with Gasteiger partial charge in [-0.2, -0.15) is 4.72 Å². The average molecular weight is 408 g/mol. The quantitative estimate of drug-likeness (QED) is 0.746. The Kier molecular flexibility index (Phi) is 6.85. The fourth-order valence-corrected chi connectivity index (χ4v) is 3.21. The number of benzene rings is 2. The Labute approximate surface area is 151 Å². The van der Waals surface area contributed by atoms with Crippen LogP contribution in [0.25, 0.3) is 0 Å². The second kappa shape index (κ2) is 8.88. The standard InChI is InChI=1S/C18H18BrNO3S/c1-2-15-8-10-18(11-9-15)24(21,22)20-12-3-4-13-23-17-7-5-6-16(19)14-17/h5-11,14,20H,2,12-13H2,1H3. The molecule has 0 aliphatic rings. The number of hydrogen-bond acceptors (Lipinski definition) is 3. The lowest BCUT2D eigenvalue weighted by molar-refractivity contribution is 0.370. The first-order chi connectivity index (χ1) is 11.5. The molecule has 0 bridgehead atoms. The van der Waals surface area contributed by atoms with Gasteiger partial charge in [-0.15, -0.1) is 0 Å². The number of aryl methyl sites for hydroxylation is 1. The summed E-state index contributed by atoms with van der Waals surface area (Å²) in [5, 5.41) is 0. The second-order valence-electron chi connectivity index (χ2n) is 4.92. The van der Waals surface area contributed by atoms with Crippen molar-refractivity contribution in [1.29, 1.82) is 0 Å². The van der Waals surface area contributed by atoms with E-state index in [0.717, 1.165) is 16.5 Å². The number of halogens is 1. The fourth-order valence-electron chi connectivity index (χ4n) is 1.91. The summed E-state index contributed by atoms with van der Waals surface area (Å²) >= 11 is 3.36. The summed E-state index contributed by atoms with van der Waals surface area (Å²) in [5.74, 6) is 6.23. The third-order valence-electron chi connectivity index (χ3n) is 3.22. The Morgan fingerprint density at radius 1 is 1.12 bits per heavy atom. The van der Waals surface area contributed by atoms with Gasteiger partial charge in [0.2, 0.25) is 10.0 Å². The van der Waals surface area contributed by atoms with Crippen molar-refractivity contribution < 1.29 is 13.2 Å². The molecule has 24 heavy (non-hydrogen) atoms. The highest BCUT2D eigenvalue weighted by atomic mass is 79.9. The molecule has 0 atom stereocenters. The van der Waals surface area contributed by atoms with Gasteiger partial charge >= 0.3 is 0 Å². The first kappa shape index (κ1) is 18.5. The molecule has 126 valence electrons. The van der Waals surface area contributed by atoms with E-state index in [-0.39, 0.29) is 18.0 Å². The van der Waals surface area contributed by atoms with Crippen molar-refractivity contribution in [1.82, 2.24) is 4.72 Å². The van der Waals surface area contributed by atoms with Crippen LogP contribution in [-0.4, -0.2) is 21.6 Å². The van der Waals surface area contributed by atoms with Crippen molar-refractivity contribution in [2.75, 3.05) is 13.2 Å². The average Bonchev–Trinajstić information content (AvgIpc) is 2.58. The summed E-state index contributed by atoms with van der Waals surface area (Å²) in [6, 6.07) is 14.3. The molecule has 2 aromatic carbocycles. The van der Waals surface area contributed by atoms with Crippen LogP contribution in [0.4, 0.5) is 0 Å². The lowest BCUT2D eigenvalue weighted by Crippen LogP contribution is -2.24. The van der Waals surface area contributed by atoms with E-state index in [9.17, 15) is 8.42 Å². The number of rotatable bonds is 6. The molecule has 0 aliphatic carbocycles. The first-order valence-electron chi connectivity index (χ1n) is 7.44. The van der Waals surface area contributed by atoms with Crippen LogP contribution < -0.4 is 9.46 Å². The summed E-state index contributed by atoms with van der Waals surface area (Å²) in [7, 11) is -3.53. The molecular weight excluding hydrogens is 390 g/mol. The maximum Gasteiger partial charge on any atom is 0.241 e. The summed E-state index contributed by atoms with van der Waals surface area (Å²) in [5.41, 5.74) is 1.10. The summed E-state index contributed by atoms with van der Waals surface area (Å²) in [6.45, 7) is 2.26. The summed E-state index contributed by atoms with van der Waals surface area (Å²) in [6.07, 6.45) is 0.872. The Morgan fingerprint density at radius 3 is 2.54 bits per heavy atom. The molecule has 0 saturated heterocycles. The van der Waals surface area contributed by atoms with Gasteiger partial charge in [0.15, 0.2) is 0 Å². The highest BCUT2D eigenvalue weighted by Crippen LogP contribution is 2.17. The van der Waals surface area contributed by atoms with Crippen molar-refractivity contribution in [3.05, 3.63) is 58.6 Å². The van der Waals surface area contributed by atoms with Gasteiger partial charge in [0, 0.05) is 4.47 Å². The number of sulfonamides is 1. The van der Waals surface area contributed by atoms with E-state index < -0.39 is 10.0 Å². The lowest BCUT2D eigenvalue weighted by Gasteiger charge is -2.04. The van der Waals surface area contributed by atoms with Gasteiger partial charge in [-0.25, -0.2) is 8.42 Å². The van der Waals surface area contributed by atoms with E-state index in [1.54, 1.807) is 12.1 Å². The van der Waals surface area contributed by atoms with Gasteiger partial charge in [-0.3, -0.25) is 0 Å². The van der Waals surface area contributed by atoms with Gasteiger partial charge in [-0.05, 0) is 42.3 Å². The number of ether oxygens (including phenoxy) is 1. The molecule has 0 saturated carbocycles. The molecule has 0 amide bonds. The van der Waals surface area contributed by atoms with Crippen LogP contribution >= 0.6 is 15.9 Å². The maximum atomic E-state index is 12.1. The highest BCUT2D eigenvalue weighted by molar-refractivity contribution is 9.10. The Morgan fingerprint density at radius 2 is 1.88 bits per heavy atom. The zero-order valence-electron chi connectivity index (χ0n) is 13.3. The normalized spacial score (nSPS) is 10.8. The van der Waals surface area contributed by atoms with Crippen molar-refractivity contribution in [2.45, 2.75) is 18.2 Å². The smallest absolute Gasteiger partial charge is 0.241 e. The molecule has 0 aliphatic heterocycles. The van der Waals surface area contributed by atoms with E-state index in [2.05, 4.69) is 32.5 Å². The number of nitrogens with one attached hydrogen (secondary N) is 1. The van der Waals surface area contributed by atoms with Gasteiger partial charge in [0.1, 0.15) is 12.4 Å². The largest absolute Gasteiger partial charge is 0.481 e. The van der Waals surface area contributed by atoms with E-state index in [4.69, 9.17) is 4.74 Å². The third-order valence-corrected chi connectivity index (χ3v) is 5.13. The lowest BCUT2D eigenvalue weighted by atomic mass is 10.2. The predicted octanol–water partition coefficient (Wildman–Crippen LogP) is 3.37. The minimum absolute atomic E-state index is 0.0414. The van der Waals surface area contributed by atoms with Crippen molar-refractivity contribution >= 4 is 26.0 Å². The highest BCUT2D eigenvalue weighted by Gasteiger charge is 2.11. The van der Waals surface area contributed by atoms with Gasteiger partial charge in [0.25, 0.3) is 0 Å². The van der Waals surface area contributed by atoms with E-state index in [1.807, 2.05) is 43.3 Å². The van der Waals surface area contributed by atoms with Crippen LogP contribution in [0.3, 0.4) is 0 Å². The fraction of sp³-hybridized carbons (Fsp3) is 0.222. The molecule has 4 nitrogen and oxygen atoms in total. The molecule has 0 heterocycles. The SMILES string of the molecule is CCc1ccc(S(=O)(=O)NCC#CCOc2cccc(Br)c2)cc1. The monoisotopic (exact) mass is 407 g/mol. The molecule has 0 fully saturated rings. The van der Waals surface area contributed by atoms with Crippen LogP contribution in [0.2, 0.25) is 0 Å². The maximum absolute atomic E-state index is 12.1. The molecular formula is C18H18BrNO3S. The first-order valence-corrected chi connectivity index (χ1v) is 9.71. The van der Waals surface area contributed by atoms with Crippen molar-refractivity contribution in [3.8, 4) is 17.6 Å². The molecule has 0 unspecified atom stereocenters. The van der Waals surface area contributed by atoms with Gasteiger partial charge < -0.3 is 4.74 Å². The van der Waals surface area contributed by atoms with Crippen LogP contribution in [0.5, 0.6) is 5.75 Å². The van der Waals surface area contributed by atoms with E-state index in [0.29, 0.717) is 5.75 Å². The Bertz CT molecular complexity index is 837.